The summed E-state index contributed by atoms with van der Waals surface area (Å²) in [5.41, 5.74) is -0.655. The summed E-state index contributed by atoms with van der Waals surface area (Å²) in [6.45, 7) is 9.66. The van der Waals surface area contributed by atoms with Crippen molar-refractivity contribution in [3.8, 4) is 0 Å². The van der Waals surface area contributed by atoms with Crippen LogP contribution in [-0.2, 0) is 9.59 Å². The normalized spacial score (nSPS) is 12.1. The minimum absolute atomic E-state index is 0.0421. The fourth-order valence-corrected chi connectivity index (χ4v) is 1.74. The lowest BCUT2D eigenvalue weighted by Gasteiger charge is -2.30. The van der Waals surface area contributed by atoms with Crippen molar-refractivity contribution < 1.29 is 9.59 Å². The van der Waals surface area contributed by atoms with E-state index in [9.17, 15) is 9.59 Å². The van der Waals surface area contributed by atoms with Gasteiger partial charge in [-0.25, -0.2) is 0 Å². The van der Waals surface area contributed by atoms with Crippen LogP contribution in [0.25, 0.3) is 0 Å². The molecule has 0 fully saturated rings. The lowest BCUT2D eigenvalue weighted by atomic mass is 9.91. The molecule has 0 saturated heterocycles. The van der Waals surface area contributed by atoms with E-state index in [4.69, 9.17) is 0 Å². The van der Waals surface area contributed by atoms with Gasteiger partial charge in [-0.2, -0.15) is 0 Å². The Labute approximate surface area is 115 Å². The molecule has 0 aromatic rings. The lowest BCUT2D eigenvalue weighted by molar-refractivity contribution is -0.130. The van der Waals surface area contributed by atoms with E-state index >= 15 is 0 Å². The van der Waals surface area contributed by atoms with E-state index in [0.717, 1.165) is 12.8 Å². The van der Waals surface area contributed by atoms with E-state index in [1.807, 2.05) is 40.9 Å². The zero-order valence-corrected chi connectivity index (χ0v) is 13.2. The number of hydrogen-bond donors (Lipinski definition) is 2. The van der Waals surface area contributed by atoms with E-state index in [2.05, 4.69) is 10.0 Å². The summed E-state index contributed by atoms with van der Waals surface area (Å²) in [4.78, 5) is 23.2. The van der Waals surface area contributed by atoms with Gasteiger partial charge in [0.15, 0.2) is 0 Å². The van der Waals surface area contributed by atoms with Crippen molar-refractivity contribution in [2.24, 2.45) is 5.41 Å². The molecule has 0 bridgehead atoms. The van der Waals surface area contributed by atoms with Crippen LogP contribution in [0.1, 0.15) is 53.9 Å². The quantitative estimate of drug-likeness (QED) is 0.732. The van der Waals surface area contributed by atoms with Crippen LogP contribution in [0.3, 0.4) is 0 Å². The van der Waals surface area contributed by atoms with Crippen LogP contribution in [0.2, 0.25) is 0 Å². The molecule has 0 saturated carbocycles. The van der Waals surface area contributed by atoms with Crippen LogP contribution in [0.5, 0.6) is 0 Å². The van der Waals surface area contributed by atoms with Crippen LogP contribution in [0.4, 0.5) is 0 Å². The molecule has 0 rings (SSSR count). The Morgan fingerprint density at radius 3 is 2.11 bits per heavy atom. The molecule has 0 radical (unpaired) electrons. The second kappa shape index (κ2) is 7.02. The van der Waals surface area contributed by atoms with E-state index in [-0.39, 0.29) is 22.8 Å². The van der Waals surface area contributed by atoms with Crippen molar-refractivity contribution in [2.45, 2.75) is 59.4 Å². The lowest BCUT2D eigenvalue weighted by Crippen LogP contribution is -2.48. The average Bonchev–Trinajstić information content (AvgIpc) is 2.15. The summed E-state index contributed by atoms with van der Waals surface area (Å²) in [7, 11) is 0. The summed E-state index contributed by atoms with van der Waals surface area (Å²) in [6, 6.07) is 0. The van der Waals surface area contributed by atoms with Gasteiger partial charge in [-0.1, -0.05) is 32.7 Å². The first-order chi connectivity index (χ1) is 8.08. The fraction of sp³-hybridized carbons (Fsp3) is 0.846. The maximum atomic E-state index is 11.9. The maximum absolute atomic E-state index is 11.9. The predicted octanol–water partition coefficient (Wildman–Crippen LogP) is 2.49. The number of nitrogens with one attached hydrogen (secondary N) is 2. The Morgan fingerprint density at radius 1 is 1.11 bits per heavy atom. The summed E-state index contributed by atoms with van der Waals surface area (Å²) in [6.07, 6.45) is 3.88. The fourth-order valence-electron chi connectivity index (χ4n) is 1.41. The molecule has 0 spiro atoms. The van der Waals surface area contributed by atoms with E-state index in [1.54, 1.807) is 0 Å². The predicted molar refractivity (Wildman–Crippen MR) is 77.2 cm³/mol. The molecule has 0 aliphatic carbocycles. The Balaban J connectivity index is 4.09. The van der Waals surface area contributed by atoms with E-state index in [1.165, 1.54) is 11.9 Å². The van der Waals surface area contributed by atoms with Crippen molar-refractivity contribution >= 4 is 23.8 Å². The van der Waals surface area contributed by atoms with Gasteiger partial charge >= 0.3 is 0 Å². The van der Waals surface area contributed by atoms with Crippen LogP contribution in [-0.4, -0.2) is 23.6 Å². The molecule has 2 amide bonds. The smallest absolute Gasteiger partial charge is 0.229 e. The monoisotopic (exact) mass is 274 g/mol. The molecule has 0 aromatic heterocycles. The van der Waals surface area contributed by atoms with E-state index < -0.39 is 0 Å². The van der Waals surface area contributed by atoms with Crippen molar-refractivity contribution in [3.63, 3.8) is 0 Å². The van der Waals surface area contributed by atoms with Gasteiger partial charge in [-0.15, -0.1) is 0 Å². The Hall–Kier alpha value is -0.710. The third-order valence-corrected chi connectivity index (χ3v) is 2.99. The molecule has 5 heteroatoms. The number of carbonyl (C=O) groups is 2. The van der Waals surface area contributed by atoms with Crippen molar-refractivity contribution in [1.82, 2.24) is 10.0 Å². The highest BCUT2D eigenvalue weighted by Gasteiger charge is 2.27. The molecule has 0 aromatic carbocycles. The molecule has 0 aliphatic heterocycles. The molecule has 0 aliphatic rings. The zero-order chi connectivity index (χ0) is 14.4. The van der Waals surface area contributed by atoms with Gasteiger partial charge in [0.05, 0.1) is 0 Å². The molecule has 0 atom stereocenters. The standard InChI is InChI=1S/C13H26N2O2S/c1-12(2,3)11(17)14-13(4,5)9-7-8-10(16)15-18-6/h7-9H2,1-6H3,(H,14,17)(H,15,16). The summed E-state index contributed by atoms with van der Waals surface area (Å²) >= 11 is 1.31. The first-order valence-corrected chi connectivity index (χ1v) is 7.45. The first kappa shape index (κ1) is 17.3. The highest BCUT2D eigenvalue weighted by molar-refractivity contribution is 7.97. The van der Waals surface area contributed by atoms with Gasteiger partial charge in [0.2, 0.25) is 11.8 Å². The largest absolute Gasteiger partial charge is 0.351 e. The van der Waals surface area contributed by atoms with Crippen LogP contribution in [0.15, 0.2) is 0 Å². The molecular weight excluding hydrogens is 248 g/mol. The molecule has 2 N–H and O–H groups in total. The summed E-state index contributed by atoms with van der Waals surface area (Å²) in [5.74, 6) is 0.0847. The minimum Gasteiger partial charge on any atom is -0.351 e. The van der Waals surface area contributed by atoms with Crippen LogP contribution < -0.4 is 10.0 Å². The molecule has 4 nitrogen and oxygen atoms in total. The van der Waals surface area contributed by atoms with Gasteiger partial charge in [0.25, 0.3) is 0 Å². The molecule has 0 heterocycles. The summed E-state index contributed by atoms with van der Waals surface area (Å²) in [5, 5.41) is 3.03. The number of hydrogen-bond acceptors (Lipinski definition) is 3. The first-order valence-electron chi connectivity index (χ1n) is 6.23. The molecule has 0 unspecified atom stereocenters. The second-order valence-corrected chi connectivity index (χ2v) is 6.78. The average molecular weight is 274 g/mol. The van der Waals surface area contributed by atoms with Gasteiger partial charge in [-0.05, 0) is 26.7 Å². The second-order valence-electron chi connectivity index (χ2n) is 6.17. The maximum Gasteiger partial charge on any atom is 0.229 e. The number of carbonyl (C=O) groups excluding carboxylic acids is 2. The number of rotatable bonds is 6. The van der Waals surface area contributed by atoms with Crippen LogP contribution >= 0.6 is 11.9 Å². The number of amides is 2. The van der Waals surface area contributed by atoms with Crippen molar-refractivity contribution in [3.05, 3.63) is 0 Å². The Morgan fingerprint density at radius 2 is 1.67 bits per heavy atom. The Kier molecular flexibility index (Phi) is 6.74. The van der Waals surface area contributed by atoms with Crippen LogP contribution in [0, 0.1) is 5.41 Å². The molecule has 18 heavy (non-hydrogen) atoms. The van der Waals surface area contributed by atoms with Gasteiger partial charge in [-0.3, -0.25) is 9.59 Å². The summed E-state index contributed by atoms with van der Waals surface area (Å²) < 4.78 is 2.69. The zero-order valence-electron chi connectivity index (χ0n) is 12.3. The van der Waals surface area contributed by atoms with Crippen molar-refractivity contribution in [2.75, 3.05) is 6.26 Å². The topological polar surface area (TPSA) is 58.2 Å². The SMILES string of the molecule is CSNC(=O)CCCC(C)(C)NC(=O)C(C)(C)C. The third kappa shape index (κ3) is 7.58. The van der Waals surface area contributed by atoms with Gasteiger partial charge < -0.3 is 10.0 Å². The minimum atomic E-state index is -0.381. The highest BCUT2D eigenvalue weighted by Crippen LogP contribution is 2.18. The third-order valence-electron chi connectivity index (χ3n) is 2.55. The Bertz CT molecular complexity index is 296. The molecule has 106 valence electrons. The van der Waals surface area contributed by atoms with E-state index in [0.29, 0.717) is 6.42 Å². The molecular formula is C13H26N2O2S. The van der Waals surface area contributed by atoms with Gasteiger partial charge in [0.1, 0.15) is 0 Å². The van der Waals surface area contributed by atoms with Gasteiger partial charge in [0, 0.05) is 23.6 Å². The van der Waals surface area contributed by atoms with Crippen molar-refractivity contribution in [1.29, 1.82) is 0 Å². The highest BCUT2D eigenvalue weighted by atomic mass is 32.2.